The van der Waals surface area contributed by atoms with Gasteiger partial charge in [0.25, 0.3) is 0 Å². The van der Waals surface area contributed by atoms with Crippen molar-refractivity contribution in [3.63, 3.8) is 0 Å². The Morgan fingerprint density at radius 1 is 1.56 bits per heavy atom. The van der Waals surface area contributed by atoms with Gasteiger partial charge in [0.15, 0.2) is 0 Å². The molecule has 0 bridgehead atoms. The Kier molecular flexibility index (Phi) is 5.00. The number of hydrogen-bond acceptors (Lipinski definition) is 3. The monoisotopic (exact) mass is 224 g/mol. The van der Waals surface area contributed by atoms with Crippen LogP contribution in [0.3, 0.4) is 0 Å². The second-order valence-corrected chi connectivity index (χ2v) is 5.09. The minimum Gasteiger partial charge on any atom is -0.379 e. The third kappa shape index (κ3) is 4.79. The molecule has 1 unspecified atom stereocenters. The van der Waals surface area contributed by atoms with Gasteiger partial charge in [0.05, 0.1) is 5.60 Å². The van der Waals surface area contributed by atoms with Crippen LogP contribution >= 0.6 is 0 Å². The fourth-order valence-electron chi connectivity index (χ4n) is 1.73. The maximum absolute atomic E-state index is 5.39. The van der Waals surface area contributed by atoms with Crippen molar-refractivity contribution in [2.24, 2.45) is 5.92 Å². The molecular weight excluding hydrogens is 202 g/mol. The van der Waals surface area contributed by atoms with Crippen molar-refractivity contribution in [1.29, 1.82) is 0 Å². The van der Waals surface area contributed by atoms with E-state index in [1.807, 2.05) is 6.07 Å². The van der Waals surface area contributed by atoms with E-state index >= 15 is 0 Å². The third-order valence-electron chi connectivity index (χ3n) is 3.02. The van der Waals surface area contributed by atoms with Gasteiger partial charge in [0.1, 0.15) is 12.0 Å². The van der Waals surface area contributed by atoms with Gasteiger partial charge in [-0.3, -0.25) is 0 Å². The molecule has 0 saturated heterocycles. The molecule has 0 aliphatic carbocycles. The van der Waals surface area contributed by atoms with Gasteiger partial charge in [-0.1, -0.05) is 24.9 Å². The molecule has 1 rings (SSSR count). The van der Waals surface area contributed by atoms with Crippen LogP contribution in [0, 0.1) is 12.1 Å². The minimum atomic E-state index is -0.000263. The van der Waals surface area contributed by atoms with E-state index < -0.39 is 0 Å². The van der Waals surface area contributed by atoms with Crippen LogP contribution < -0.4 is 0 Å². The summed E-state index contributed by atoms with van der Waals surface area (Å²) in [5.41, 5.74) is -0.000263. The molecule has 0 fully saturated rings. The molecule has 0 aliphatic heterocycles. The number of rotatable bonds is 7. The number of nitrogens with zero attached hydrogens (tertiary/aromatic N) is 1. The van der Waals surface area contributed by atoms with Gasteiger partial charge < -0.3 is 9.26 Å². The predicted octanol–water partition coefficient (Wildman–Crippen LogP) is 3.25. The largest absolute Gasteiger partial charge is 0.379 e. The summed E-state index contributed by atoms with van der Waals surface area (Å²) in [6.07, 6.45) is 7.10. The lowest BCUT2D eigenvalue weighted by atomic mass is 9.94. The van der Waals surface area contributed by atoms with Crippen molar-refractivity contribution >= 4 is 0 Å². The Bertz CT molecular complexity index is 280. The van der Waals surface area contributed by atoms with Crippen LogP contribution in [0.15, 0.2) is 10.6 Å². The molecule has 3 nitrogen and oxygen atoms in total. The first kappa shape index (κ1) is 13.2. The molecule has 0 saturated carbocycles. The Labute approximate surface area is 98.2 Å². The molecule has 0 amide bonds. The highest BCUT2D eigenvalue weighted by Crippen LogP contribution is 2.20. The summed E-state index contributed by atoms with van der Waals surface area (Å²) in [5.74, 6) is 1.55. The molecule has 1 aromatic rings. The summed E-state index contributed by atoms with van der Waals surface area (Å²) in [5, 5.41) is 3.59. The summed E-state index contributed by atoms with van der Waals surface area (Å²) >= 11 is 0. The van der Waals surface area contributed by atoms with Gasteiger partial charge in [0.2, 0.25) is 0 Å². The molecule has 16 heavy (non-hydrogen) atoms. The first-order valence-corrected chi connectivity index (χ1v) is 5.90. The van der Waals surface area contributed by atoms with Crippen LogP contribution in [0.25, 0.3) is 0 Å². The molecule has 91 valence electrons. The highest BCUT2D eigenvalue weighted by molar-refractivity contribution is 4.92. The van der Waals surface area contributed by atoms with E-state index in [-0.39, 0.29) is 5.60 Å². The van der Waals surface area contributed by atoms with Gasteiger partial charge >= 0.3 is 0 Å². The highest BCUT2D eigenvalue weighted by Gasteiger charge is 2.16. The topological polar surface area (TPSA) is 35.3 Å². The van der Waals surface area contributed by atoms with Crippen LogP contribution in [-0.4, -0.2) is 17.9 Å². The second-order valence-electron chi connectivity index (χ2n) is 5.09. The van der Waals surface area contributed by atoms with E-state index in [4.69, 9.17) is 9.26 Å². The lowest BCUT2D eigenvalue weighted by molar-refractivity contribution is 0.0127. The summed E-state index contributed by atoms with van der Waals surface area (Å²) in [4.78, 5) is 0. The molecule has 3 heteroatoms. The Morgan fingerprint density at radius 2 is 2.31 bits per heavy atom. The fraction of sp³-hybridized carbons (Fsp3) is 0.769. The first-order valence-electron chi connectivity index (χ1n) is 5.90. The van der Waals surface area contributed by atoms with E-state index in [2.05, 4.69) is 32.1 Å². The predicted molar refractivity (Wildman–Crippen MR) is 63.1 cm³/mol. The van der Waals surface area contributed by atoms with Crippen molar-refractivity contribution in [3.8, 4) is 0 Å². The lowest BCUT2D eigenvalue weighted by Crippen LogP contribution is -2.22. The van der Waals surface area contributed by atoms with Crippen LogP contribution in [0.1, 0.15) is 45.8 Å². The average molecular weight is 224 g/mol. The molecule has 1 radical (unpaired) electrons. The van der Waals surface area contributed by atoms with Gasteiger partial charge in [-0.2, -0.15) is 0 Å². The average Bonchev–Trinajstić information content (AvgIpc) is 2.70. The molecule has 0 aliphatic rings. The third-order valence-corrected chi connectivity index (χ3v) is 3.02. The van der Waals surface area contributed by atoms with E-state index in [0.29, 0.717) is 5.92 Å². The maximum Gasteiger partial charge on any atom is 0.137 e. The maximum atomic E-state index is 5.39. The lowest BCUT2D eigenvalue weighted by Gasteiger charge is -2.23. The SMILES string of the molecule is COC(C)(C)CCCC(C)Cc1c[c]no1. The van der Waals surface area contributed by atoms with Crippen molar-refractivity contribution < 1.29 is 9.26 Å². The van der Waals surface area contributed by atoms with Gasteiger partial charge in [-0.25, -0.2) is 0 Å². The summed E-state index contributed by atoms with van der Waals surface area (Å²) in [7, 11) is 1.77. The first-order chi connectivity index (χ1) is 7.53. The Balaban J connectivity index is 2.18. The Morgan fingerprint density at radius 3 is 2.88 bits per heavy atom. The van der Waals surface area contributed by atoms with Crippen molar-refractivity contribution in [3.05, 3.63) is 18.0 Å². The normalized spacial score (nSPS) is 14.0. The molecule has 1 heterocycles. The van der Waals surface area contributed by atoms with Gasteiger partial charge in [-0.05, 0) is 26.2 Å². The van der Waals surface area contributed by atoms with E-state index in [1.54, 1.807) is 7.11 Å². The second kappa shape index (κ2) is 6.04. The van der Waals surface area contributed by atoms with Crippen LogP contribution in [0.5, 0.6) is 0 Å². The standard InChI is InChI=1S/C13H22NO2/c1-11(10-12-7-9-14-16-12)6-5-8-13(2,3)15-4/h7,11H,5-6,8,10H2,1-4H3. The zero-order valence-corrected chi connectivity index (χ0v) is 10.7. The zero-order valence-electron chi connectivity index (χ0n) is 10.7. The Hall–Kier alpha value is -0.830. The fourth-order valence-corrected chi connectivity index (χ4v) is 1.73. The minimum absolute atomic E-state index is 0.000263. The van der Waals surface area contributed by atoms with Gasteiger partial charge in [0, 0.05) is 19.6 Å². The summed E-state index contributed by atoms with van der Waals surface area (Å²) in [6.45, 7) is 6.49. The smallest absolute Gasteiger partial charge is 0.137 e. The summed E-state index contributed by atoms with van der Waals surface area (Å²) < 4.78 is 10.4. The van der Waals surface area contributed by atoms with Crippen molar-refractivity contribution in [2.45, 2.75) is 52.1 Å². The van der Waals surface area contributed by atoms with Gasteiger partial charge in [-0.15, -0.1) is 0 Å². The number of hydrogen-bond donors (Lipinski definition) is 0. The van der Waals surface area contributed by atoms with Crippen LogP contribution in [0.4, 0.5) is 0 Å². The number of aromatic nitrogens is 1. The van der Waals surface area contributed by atoms with E-state index in [0.717, 1.165) is 18.6 Å². The zero-order chi connectivity index (χ0) is 12.0. The van der Waals surface area contributed by atoms with E-state index in [1.165, 1.54) is 12.8 Å². The van der Waals surface area contributed by atoms with Crippen LogP contribution in [0.2, 0.25) is 0 Å². The summed E-state index contributed by atoms with van der Waals surface area (Å²) in [6, 6.07) is 1.82. The number of methoxy groups -OCH3 is 1. The molecule has 1 aromatic heterocycles. The molecular formula is C13H22NO2. The highest BCUT2D eigenvalue weighted by atomic mass is 16.5. The van der Waals surface area contributed by atoms with Crippen molar-refractivity contribution in [1.82, 2.24) is 5.16 Å². The molecule has 0 N–H and O–H groups in total. The molecule has 0 aromatic carbocycles. The van der Waals surface area contributed by atoms with Crippen LogP contribution in [-0.2, 0) is 11.2 Å². The number of ether oxygens (including phenoxy) is 1. The quantitative estimate of drug-likeness (QED) is 0.713. The van der Waals surface area contributed by atoms with Crippen molar-refractivity contribution in [2.75, 3.05) is 7.11 Å². The van der Waals surface area contributed by atoms with E-state index in [9.17, 15) is 0 Å². The molecule has 0 spiro atoms. The molecule has 1 atom stereocenters.